The van der Waals surface area contributed by atoms with E-state index < -0.39 is 0 Å². The van der Waals surface area contributed by atoms with Crippen molar-refractivity contribution in [2.24, 2.45) is 11.8 Å². The molecule has 0 atom stereocenters. The molecule has 0 amide bonds. The Morgan fingerprint density at radius 1 is 1.09 bits per heavy atom. The number of carbonyl (C=O) groups is 1. The molecule has 124 valence electrons. The molecule has 1 saturated heterocycles. The number of carbonyl (C=O) groups excluding carboxylic acids is 1. The van der Waals surface area contributed by atoms with Crippen LogP contribution in [0.2, 0.25) is 5.28 Å². The second-order valence-corrected chi connectivity index (χ2v) is 7.71. The number of ketones is 1. The van der Waals surface area contributed by atoms with Crippen LogP contribution in [0.3, 0.4) is 0 Å². The van der Waals surface area contributed by atoms with Gasteiger partial charge in [-0.2, -0.15) is 0 Å². The third-order valence-electron chi connectivity index (χ3n) is 5.74. The van der Waals surface area contributed by atoms with Crippen LogP contribution in [-0.4, -0.2) is 28.8 Å². The summed E-state index contributed by atoms with van der Waals surface area (Å²) in [6, 6.07) is 0. The molecule has 0 unspecified atom stereocenters. The van der Waals surface area contributed by atoms with E-state index in [2.05, 4.69) is 14.9 Å². The highest BCUT2D eigenvalue weighted by Crippen LogP contribution is 2.35. The summed E-state index contributed by atoms with van der Waals surface area (Å²) in [5, 5.41) is 0.345. The zero-order valence-corrected chi connectivity index (χ0v) is 14.3. The van der Waals surface area contributed by atoms with E-state index in [0.717, 1.165) is 50.3 Å². The van der Waals surface area contributed by atoms with Crippen LogP contribution in [0.5, 0.6) is 0 Å². The normalized spacial score (nSPS) is 22.0. The van der Waals surface area contributed by atoms with Gasteiger partial charge in [0.2, 0.25) is 5.28 Å². The van der Waals surface area contributed by atoms with E-state index in [9.17, 15) is 4.79 Å². The number of halogens is 1. The van der Waals surface area contributed by atoms with Crippen molar-refractivity contribution >= 4 is 23.2 Å². The van der Waals surface area contributed by atoms with Crippen molar-refractivity contribution in [2.45, 2.75) is 57.8 Å². The standard InChI is InChI=1S/C18H24ClN3O/c19-18-20-15-8-4-7-14(15)17(21-18)22-10-13(11-22)16(23)9-12-5-2-1-3-6-12/h12-13H,1-11H2. The van der Waals surface area contributed by atoms with Crippen LogP contribution in [-0.2, 0) is 17.6 Å². The van der Waals surface area contributed by atoms with Crippen LogP contribution >= 0.6 is 11.6 Å². The molecular formula is C18H24ClN3O. The SMILES string of the molecule is O=C(CC1CCCCC1)C1CN(c2nc(Cl)nc3c2CCC3)C1. The van der Waals surface area contributed by atoms with Gasteiger partial charge in [-0.05, 0) is 36.8 Å². The van der Waals surface area contributed by atoms with Gasteiger partial charge in [-0.1, -0.05) is 32.1 Å². The third-order valence-corrected chi connectivity index (χ3v) is 5.90. The number of nitrogens with zero attached hydrogens (tertiary/aromatic N) is 3. The summed E-state index contributed by atoms with van der Waals surface area (Å²) in [6.45, 7) is 1.62. The average Bonchev–Trinajstić information content (AvgIpc) is 2.94. The Balaban J connectivity index is 1.37. The number of rotatable bonds is 4. The lowest BCUT2D eigenvalue weighted by Crippen LogP contribution is -2.51. The fourth-order valence-electron chi connectivity index (χ4n) is 4.34. The summed E-state index contributed by atoms with van der Waals surface area (Å²) in [6.07, 6.45) is 10.4. The quantitative estimate of drug-likeness (QED) is 0.790. The van der Waals surface area contributed by atoms with Crippen LogP contribution < -0.4 is 4.90 Å². The maximum Gasteiger partial charge on any atom is 0.224 e. The first-order valence-electron chi connectivity index (χ1n) is 9.03. The van der Waals surface area contributed by atoms with Crippen molar-refractivity contribution < 1.29 is 4.79 Å². The number of Topliss-reactive ketones (excluding diaryl/α,β-unsaturated/α-hetero) is 1. The number of hydrogen-bond acceptors (Lipinski definition) is 4. The number of aromatic nitrogens is 2. The molecule has 4 rings (SSSR count). The van der Waals surface area contributed by atoms with Crippen LogP contribution in [0.25, 0.3) is 0 Å². The van der Waals surface area contributed by atoms with Crippen molar-refractivity contribution in [1.82, 2.24) is 9.97 Å². The number of fused-ring (bicyclic) bond motifs is 1. The van der Waals surface area contributed by atoms with Crippen LogP contribution in [0.15, 0.2) is 0 Å². The lowest BCUT2D eigenvalue weighted by atomic mass is 9.82. The Kier molecular flexibility index (Phi) is 4.27. The lowest BCUT2D eigenvalue weighted by molar-refractivity contribution is -0.124. The molecule has 0 N–H and O–H groups in total. The zero-order valence-electron chi connectivity index (χ0n) is 13.6. The second-order valence-electron chi connectivity index (χ2n) is 7.37. The molecule has 3 aliphatic rings. The van der Waals surface area contributed by atoms with Crippen LogP contribution in [0, 0.1) is 11.8 Å². The van der Waals surface area contributed by atoms with E-state index in [1.165, 1.54) is 37.7 Å². The maximum absolute atomic E-state index is 12.5. The summed E-state index contributed by atoms with van der Waals surface area (Å²) in [5.74, 6) is 2.29. The van der Waals surface area contributed by atoms with E-state index in [0.29, 0.717) is 17.0 Å². The molecule has 23 heavy (non-hydrogen) atoms. The number of anilines is 1. The summed E-state index contributed by atoms with van der Waals surface area (Å²) >= 11 is 6.07. The molecule has 0 aromatic carbocycles. The van der Waals surface area contributed by atoms with Gasteiger partial charge in [0.15, 0.2) is 0 Å². The first kappa shape index (κ1) is 15.4. The van der Waals surface area contributed by atoms with Crippen molar-refractivity contribution in [3.63, 3.8) is 0 Å². The Hall–Kier alpha value is -1.16. The Labute approximate surface area is 142 Å². The molecule has 1 aromatic heterocycles. The highest BCUT2D eigenvalue weighted by molar-refractivity contribution is 6.28. The van der Waals surface area contributed by atoms with E-state index in [1.807, 2.05) is 0 Å². The van der Waals surface area contributed by atoms with Gasteiger partial charge in [0, 0.05) is 25.1 Å². The minimum absolute atomic E-state index is 0.197. The van der Waals surface area contributed by atoms with E-state index >= 15 is 0 Å². The molecule has 2 heterocycles. The predicted molar refractivity (Wildman–Crippen MR) is 91.0 cm³/mol. The minimum Gasteiger partial charge on any atom is -0.355 e. The summed E-state index contributed by atoms with van der Waals surface area (Å²) in [5.41, 5.74) is 2.37. The highest BCUT2D eigenvalue weighted by atomic mass is 35.5. The van der Waals surface area contributed by atoms with E-state index in [4.69, 9.17) is 11.6 Å². The van der Waals surface area contributed by atoms with Gasteiger partial charge < -0.3 is 4.90 Å². The van der Waals surface area contributed by atoms with Crippen LogP contribution in [0.1, 0.15) is 56.2 Å². The number of aryl methyl sites for hydroxylation is 1. The lowest BCUT2D eigenvalue weighted by Gasteiger charge is -2.40. The van der Waals surface area contributed by atoms with Crippen molar-refractivity contribution in [2.75, 3.05) is 18.0 Å². The molecule has 0 spiro atoms. The molecule has 1 aromatic rings. The Morgan fingerprint density at radius 3 is 2.65 bits per heavy atom. The van der Waals surface area contributed by atoms with Gasteiger partial charge >= 0.3 is 0 Å². The van der Waals surface area contributed by atoms with Gasteiger partial charge in [-0.3, -0.25) is 4.79 Å². The summed E-state index contributed by atoms with van der Waals surface area (Å²) in [4.78, 5) is 23.5. The first-order chi connectivity index (χ1) is 11.2. The molecule has 0 bridgehead atoms. The zero-order chi connectivity index (χ0) is 15.8. The minimum atomic E-state index is 0.197. The van der Waals surface area contributed by atoms with Gasteiger partial charge in [-0.15, -0.1) is 0 Å². The molecule has 4 nitrogen and oxygen atoms in total. The van der Waals surface area contributed by atoms with Crippen molar-refractivity contribution in [1.29, 1.82) is 0 Å². The third kappa shape index (κ3) is 3.10. The van der Waals surface area contributed by atoms with Gasteiger partial charge in [-0.25, -0.2) is 9.97 Å². The average molecular weight is 334 g/mol. The van der Waals surface area contributed by atoms with Gasteiger partial charge in [0.25, 0.3) is 0 Å². The molecule has 0 radical (unpaired) electrons. The van der Waals surface area contributed by atoms with E-state index in [-0.39, 0.29) is 5.92 Å². The highest BCUT2D eigenvalue weighted by Gasteiger charge is 2.36. The summed E-state index contributed by atoms with van der Waals surface area (Å²) < 4.78 is 0. The fourth-order valence-corrected chi connectivity index (χ4v) is 4.52. The Morgan fingerprint density at radius 2 is 1.87 bits per heavy atom. The maximum atomic E-state index is 12.5. The Bertz CT molecular complexity index is 607. The topological polar surface area (TPSA) is 46.1 Å². The second kappa shape index (κ2) is 6.39. The van der Waals surface area contributed by atoms with Gasteiger partial charge in [0.1, 0.15) is 11.6 Å². The molecule has 1 aliphatic heterocycles. The molecule has 2 aliphatic carbocycles. The van der Waals surface area contributed by atoms with Crippen LogP contribution in [0.4, 0.5) is 5.82 Å². The van der Waals surface area contributed by atoms with Crippen molar-refractivity contribution in [3.8, 4) is 0 Å². The monoisotopic (exact) mass is 333 g/mol. The molecular weight excluding hydrogens is 310 g/mol. The molecule has 5 heteroatoms. The molecule has 1 saturated carbocycles. The number of hydrogen-bond donors (Lipinski definition) is 0. The van der Waals surface area contributed by atoms with Gasteiger partial charge in [0.05, 0.1) is 11.6 Å². The summed E-state index contributed by atoms with van der Waals surface area (Å²) in [7, 11) is 0. The fraction of sp³-hybridized carbons (Fsp3) is 0.722. The first-order valence-corrected chi connectivity index (χ1v) is 9.41. The predicted octanol–water partition coefficient (Wildman–Crippen LogP) is 3.59. The van der Waals surface area contributed by atoms with Crippen molar-refractivity contribution in [3.05, 3.63) is 16.5 Å². The van der Waals surface area contributed by atoms with E-state index in [1.54, 1.807) is 0 Å². The largest absolute Gasteiger partial charge is 0.355 e. The molecule has 2 fully saturated rings. The smallest absolute Gasteiger partial charge is 0.224 e.